The maximum atomic E-state index is 13.0. The second kappa shape index (κ2) is 8.37. The Labute approximate surface area is 174 Å². The minimum Gasteiger partial charge on any atom is -0.444 e. The third-order valence-electron chi connectivity index (χ3n) is 5.16. The predicted octanol–water partition coefficient (Wildman–Crippen LogP) is 4.77. The van der Waals surface area contributed by atoms with Gasteiger partial charge in [0.15, 0.2) is 5.78 Å². The fourth-order valence-electron chi connectivity index (χ4n) is 3.65. The van der Waals surface area contributed by atoms with Crippen LogP contribution in [0.4, 0.5) is 0 Å². The maximum absolute atomic E-state index is 13.0. The van der Waals surface area contributed by atoms with Crippen LogP contribution >= 0.6 is 0 Å². The minimum absolute atomic E-state index is 0.0174. The number of hydrogen-bond donors (Lipinski definition) is 1. The Balaban J connectivity index is 1.53. The number of Topliss-reactive ketones (excluding diaryl/α,β-unsaturated/α-hetero) is 1. The molecule has 0 saturated carbocycles. The first-order chi connectivity index (χ1) is 14.6. The zero-order chi connectivity index (χ0) is 21.1. The molecule has 4 aromatic rings. The second-order valence-corrected chi connectivity index (χ2v) is 7.18. The molecule has 0 radical (unpaired) electrons. The summed E-state index contributed by atoms with van der Waals surface area (Å²) in [5, 5.41) is 3.81. The van der Waals surface area contributed by atoms with E-state index in [-0.39, 0.29) is 18.2 Å². The Morgan fingerprint density at radius 3 is 2.57 bits per heavy atom. The van der Waals surface area contributed by atoms with Gasteiger partial charge in [0.2, 0.25) is 11.8 Å². The van der Waals surface area contributed by atoms with E-state index in [2.05, 4.69) is 10.3 Å². The number of amides is 1. The van der Waals surface area contributed by atoms with Crippen molar-refractivity contribution >= 4 is 22.6 Å². The van der Waals surface area contributed by atoms with Crippen molar-refractivity contribution in [3.8, 4) is 11.5 Å². The number of carbonyl (C=O) groups is 2. The molecule has 6 heteroatoms. The summed E-state index contributed by atoms with van der Waals surface area (Å²) in [6.07, 6.45) is 3.93. The average molecular weight is 401 g/mol. The fourth-order valence-corrected chi connectivity index (χ4v) is 3.65. The topological polar surface area (TPSA) is 77.1 Å². The normalized spacial score (nSPS) is 12.1. The fraction of sp³-hybridized carbons (Fsp3) is 0.208. The Morgan fingerprint density at radius 1 is 1.10 bits per heavy atom. The molecule has 1 unspecified atom stereocenters. The molecule has 0 bridgehead atoms. The van der Waals surface area contributed by atoms with Crippen molar-refractivity contribution in [1.82, 2.24) is 14.9 Å². The zero-order valence-corrected chi connectivity index (χ0v) is 17.0. The van der Waals surface area contributed by atoms with E-state index in [0.717, 1.165) is 16.5 Å². The number of benzene rings is 2. The number of oxazole rings is 1. The highest BCUT2D eigenvalue weighted by molar-refractivity contribution is 6.07. The van der Waals surface area contributed by atoms with Crippen LogP contribution in [0.1, 0.15) is 42.4 Å². The summed E-state index contributed by atoms with van der Waals surface area (Å²) in [6.45, 7) is 3.77. The monoisotopic (exact) mass is 401 g/mol. The van der Waals surface area contributed by atoms with Crippen molar-refractivity contribution in [3.05, 3.63) is 78.3 Å². The zero-order valence-electron chi connectivity index (χ0n) is 17.0. The van der Waals surface area contributed by atoms with Crippen molar-refractivity contribution in [2.24, 2.45) is 0 Å². The lowest BCUT2D eigenvalue weighted by Crippen LogP contribution is -2.31. The first kappa shape index (κ1) is 19.6. The first-order valence-corrected chi connectivity index (χ1v) is 9.96. The van der Waals surface area contributed by atoms with Gasteiger partial charge in [-0.1, -0.05) is 43.3 Å². The van der Waals surface area contributed by atoms with Crippen LogP contribution in [0.15, 0.2) is 71.5 Å². The van der Waals surface area contributed by atoms with E-state index >= 15 is 0 Å². The number of fused-ring (bicyclic) bond motifs is 1. The molecule has 0 fully saturated rings. The van der Waals surface area contributed by atoms with Crippen LogP contribution in [0.2, 0.25) is 0 Å². The molecule has 6 nitrogen and oxygen atoms in total. The summed E-state index contributed by atoms with van der Waals surface area (Å²) in [5.41, 5.74) is 3.04. The van der Waals surface area contributed by atoms with Gasteiger partial charge >= 0.3 is 0 Å². The SMILES string of the molecule is CCC(C(=O)NCc1coc(-c2ccccc2)n1)n1cc(C(C)=O)c2ccccc21. The summed E-state index contributed by atoms with van der Waals surface area (Å²) in [5.74, 6) is 0.378. The predicted molar refractivity (Wildman–Crippen MR) is 115 cm³/mol. The molecule has 0 aliphatic rings. The number of hydrogen-bond acceptors (Lipinski definition) is 4. The summed E-state index contributed by atoms with van der Waals surface area (Å²) >= 11 is 0. The van der Waals surface area contributed by atoms with Gasteiger partial charge in [-0.25, -0.2) is 4.98 Å². The van der Waals surface area contributed by atoms with Gasteiger partial charge in [0, 0.05) is 28.2 Å². The van der Waals surface area contributed by atoms with E-state index in [1.165, 1.54) is 0 Å². The van der Waals surface area contributed by atoms with Gasteiger partial charge in [0.1, 0.15) is 12.3 Å². The maximum Gasteiger partial charge on any atom is 0.243 e. The summed E-state index contributed by atoms with van der Waals surface area (Å²) in [7, 11) is 0. The van der Waals surface area contributed by atoms with Crippen LogP contribution in [-0.2, 0) is 11.3 Å². The molecule has 0 aliphatic heterocycles. The Bertz CT molecular complexity index is 1190. The Morgan fingerprint density at radius 2 is 1.83 bits per heavy atom. The summed E-state index contributed by atoms with van der Waals surface area (Å²) in [6, 6.07) is 16.8. The van der Waals surface area contributed by atoms with E-state index in [1.54, 1.807) is 19.4 Å². The molecule has 152 valence electrons. The summed E-state index contributed by atoms with van der Waals surface area (Å²) < 4.78 is 7.43. The molecular formula is C24H23N3O3. The number of aromatic nitrogens is 2. The van der Waals surface area contributed by atoms with Gasteiger partial charge in [-0.15, -0.1) is 0 Å². The van der Waals surface area contributed by atoms with E-state index in [4.69, 9.17) is 4.42 Å². The van der Waals surface area contributed by atoms with E-state index in [0.29, 0.717) is 23.6 Å². The van der Waals surface area contributed by atoms with Crippen LogP contribution in [0, 0.1) is 0 Å². The quantitative estimate of drug-likeness (QED) is 0.453. The van der Waals surface area contributed by atoms with Gasteiger partial charge in [-0.3, -0.25) is 9.59 Å². The molecular weight excluding hydrogens is 378 g/mol. The standard InChI is InChI=1S/C24H23N3O3/c1-3-21(27-14-20(16(2)28)19-11-7-8-12-22(19)27)23(29)25-13-18-15-30-24(26-18)17-9-5-4-6-10-17/h4-12,14-15,21H,3,13H2,1-2H3,(H,25,29). The third-order valence-corrected chi connectivity index (χ3v) is 5.16. The highest BCUT2D eigenvalue weighted by atomic mass is 16.3. The smallest absolute Gasteiger partial charge is 0.243 e. The van der Waals surface area contributed by atoms with Gasteiger partial charge < -0.3 is 14.3 Å². The number of nitrogens with one attached hydrogen (secondary N) is 1. The Hall–Kier alpha value is -3.67. The molecule has 4 rings (SSSR count). The number of nitrogens with zero attached hydrogens (tertiary/aromatic N) is 2. The van der Waals surface area contributed by atoms with E-state index in [1.807, 2.05) is 66.1 Å². The van der Waals surface area contributed by atoms with Crippen LogP contribution in [0.5, 0.6) is 0 Å². The van der Waals surface area contributed by atoms with Crippen molar-refractivity contribution in [2.45, 2.75) is 32.9 Å². The summed E-state index contributed by atoms with van der Waals surface area (Å²) in [4.78, 5) is 29.5. The van der Waals surface area contributed by atoms with Crippen LogP contribution in [-0.4, -0.2) is 21.2 Å². The second-order valence-electron chi connectivity index (χ2n) is 7.18. The molecule has 2 aromatic carbocycles. The van der Waals surface area contributed by atoms with Gasteiger partial charge in [0.05, 0.1) is 12.2 Å². The van der Waals surface area contributed by atoms with Crippen LogP contribution in [0.25, 0.3) is 22.4 Å². The van der Waals surface area contributed by atoms with Crippen LogP contribution < -0.4 is 5.32 Å². The molecule has 0 saturated heterocycles. The van der Waals surface area contributed by atoms with E-state index < -0.39 is 6.04 Å². The molecule has 1 amide bonds. The van der Waals surface area contributed by atoms with Crippen molar-refractivity contribution in [3.63, 3.8) is 0 Å². The number of ketones is 1. The number of para-hydroxylation sites is 1. The highest BCUT2D eigenvalue weighted by Gasteiger charge is 2.22. The number of carbonyl (C=O) groups excluding carboxylic acids is 2. The van der Waals surface area contributed by atoms with Crippen molar-refractivity contribution in [2.75, 3.05) is 0 Å². The van der Waals surface area contributed by atoms with Crippen molar-refractivity contribution < 1.29 is 14.0 Å². The molecule has 0 aliphatic carbocycles. The largest absolute Gasteiger partial charge is 0.444 e. The Kier molecular flexibility index (Phi) is 5.48. The van der Waals surface area contributed by atoms with Crippen LogP contribution in [0.3, 0.4) is 0 Å². The van der Waals surface area contributed by atoms with E-state index in [9.17, 15) is 9.59 Å². The van der Waals surface area contributed by atoms with Crippen molar-refractivity contribution in [1.29, 1.82) is 0 Å². The minimum atomic E-state index is -0.427. The molecule has 0 spiro atoms. The lowest BCUT2D eigenvalue weighted by Gasteiger charge is -2.17. The third kappa shape index (κ3) is 3.76. The highest BCUT2D eigenvalue weighted by Crippen LogP contribution is 2.27. The average Bonchev–Trinajstić information content (AvgIpc) is 3.39. The first-order valence-electron chi connectivity index (χ1n) is 9.96. The van der Waals surface area contributed by atoms with Gasteiger partial charge in [-0.05, 0) is 31.5 Å². The lowest BCUT2D eigenvalue weighted by molar-refractivity contribution is -0.124. The van der Waals surface area contributed by atoms with Gasteiger partial charge in [0.25, 0.3) is 0 Å². The molecule has 1 N–H and O–H groups in total. The van der Waals surface area contributed by atoms with Gasteiger partial charge in [-0.2, -0.15) is 0 Å². The molecule has 2 heterocycles. The molecule has 2 aromatic heterocycles. The molecule has 30 heavy (non-hydrogen) atoms. The number of rotatable bonds is 7. The lowest BCUT2D eigenvalue weighted by atomic mass is 10.1. The molecule has 1 atom stereocenters.